The van der Waals surface area contributed by atoms with Gasteiger partial charge in [0.15, 0.2) is 11.5 Å². The second-order valence-electron chi connectivity index (χ2n) is 5.39. The van der Waals surface area contributed by atoms with Crippen molar-refractivity contribution < 1.29 is 36.2 Å². The highest BCUT2D eigenvalue weighted by atomic mass is 32.2. The van der Waals surface area contributed by atoms with Gasteiger partial charge in [-0.3, -0.25) is 4.72 Å². The van der Waals surface area contributed by atoms with E-state index >= 15 is 0 Å². The molecule has 0 radical (unpaired) electrons. The minimum absolute atomic E-state index is 0.0724. The predicted molar refractivity (Wildman–Crippen MR) is 93.7 cm³/mol. The lowest BCUT2D eigenvalue weighted by Crippen LogP contribution is -2.11. The third-order valence-electron chi connectivity index (χ3n) is 3.22. The van der Waals surface area contributed by atoms with E-state index in [9.17, 15) is 22.0 Å². The summed E-state index contributed by atoms with van der Waals surface area (Å²) in [5, 5.41) is 0. The number of anilines is 1. The maximum absolute atomic E-state index is 12.3. The van der Waals surface area contributed by atoms with Crippen LogP contribution in [0.5, 0.6) is 11.5 Å². The number of ether oxygens (including phenoxy) is 3. The van der Waals surface area contributed by atoms with Crippen molar-refractivity contribution in [2.45, 2.75) is 13.2 Å². The van der Waals surface area contributed by atoms with E-state index < -0.39 is 22.6 Å². The van der Waals surface area contributed by atoms with Crippen molar-refractivity contribution >= 4 is 21.7 Å². The number of methoxy groups -OCH3 is 1. The van der Waals surface area contributed by atoms with Crippen LogP contribution < -0.4 is 14.2 Å². The zero-order chi connectivity index (χ0) is 20.0. The average molecular weight is 401 g/mol. The van der Waals surface area contributed by atoms with E-state index in [2.05, 4.69) is 9.46 Å². The summed E-state index contributed by atoms with van der Waals surface area (Å²) in [6.45, 7) is -3.14. The molecule has 0 amide bonds. The largest absolute Gasteiger partial charge is 0.493 e. The fourth-order valence-electron chi connectivity index (χ4n) is 2.15. The summed E-state index contributed by atoms with van der Waals surface area (Å²) in [7, 11) is -2.18. The van der Waals surface area contributed by atoms with E-state index in [1.54, 1.807) is 0 Å². The minimum Gasteiger partial charge on any atom is -0.493 e. The molecule has 146 valence electrons. The molecule has 10 heteroatoms. The molecule has 0 saturated carbocycles. The summed E-state index contributed by atoms with van der Waals surface area (Å²) >= 11 is 0. The Labute approximate surface area is 154 Å². The number of carbonyl (C=O) groups excluding carboxylic acids is 1. The number of rotatable bonds is 8. The first-order valence-electron chi connectivity index (χ1n) is 7.54. The molecule has 0 aromatic heterocycles. The van der Waals surface area contributed by atoms with Crippen molar-refractivity contribution in [1.82, 2.24) is 0 Å². The van der Waals surface area contributed by atoms with Crippen LogP contribution in [0.3, 0.4) is 0 Å². The number of hydrogen-bond acceptors (Lipinski definition) is 6. The van der Waals surface area contributed by atoms with Gasteiger partial charge in [-0.15, -0.1) is 0 Å². The van der Waals surface area contributed by atoms with E-state index in [-0.39, 0.29) is 29.4 Å². The lowest BCUT2D eigenvalue weighted by molar-refractivity contribution is -0.0512. The zero-order valence-corrected chi connectivity index (χ0v) is 15.3. The number of halogens is 2. The number of nitrogens with one attached hydrogen (secondary N) is 1. The molecule has 0 bridgehead atoms. The Kier molecular flexibility index (Phi) is 6.56. The Morgan fingerprint density at radius 2 is 1.89 bits per heavy atom. The van der Waals surface area contributed by atoms with Crippen LogP contribution in [0.25, 0.3) is 0 Å². The molecule has 7 nitrogen and oxygen atoms in total. The van der Waals surface area contributed by atoms with E-state index in [0.717, 1.165) is 6.26 Å². The molecule has 27 heavy (non-hydrogen) atoms. The Morgan fingerprint density at radius 3 is 2.52 bits per heavy atom. The number of carbonyl (C=O) groups is 1. The zero-order valence-electron chi connectivity index (χ0n) is 14.4. The fraction of sp³-hybridized carbons (Fsp3) is 0.235. The summed E-state index contributed by atoms with van der Waals surface area (Å²) < 4.78 is 63.9. The standard InChI is InChI=1S/C17H17F2NO6S/c1-24-15-8-11(6-7-14(15)26-17(18)19)10-25-16(21)12-4-3-5-13(9-12)20-27(2,22)23/h3-9,17,20H,10H2,1-2H3. The van der Waals surface area contributed by atoms with Gasteiger partial charge in [-0.1, -0.05) is 12.1 Å². The highest BCUT2D eigenvalue weighted by Crippen LogP contribution is 2.29. The lowest BCUT2D eigenvalue weighted by atomic mass is 10.2. The SMILES string of the molecule is COc1cc(COC(=O)c2cccc(NS(C)(=O)=O)c2)ccc1OC(F)F. The van der Waals surface area contributed by atoms with Gasteiger partial charge in [-0.2, -0.15) is 8.78 Å². The molecule has 2 aromatic rings. The highest BCUT2D eigenvalue weighted by Gasteiger charge is 2.13. The van der Waals surface area contributed by atoms with Gasteiger partial charge in [0.25, 0.3) is 0 Å². The summed E-state index contributed by atoms with van der Waals surface area (Å²) in [5.41, 5.74) is 0.864. The van der Waals surface area contributed by atoms with E-state index in [0.29, 0.717) is 5.56 Å². The molecule has 0 fully saturated rings. The summed E-state index contributed by atoms with van der Waals surface area (Å²) in [6, 6.07) is 9.94. The van der Waals surface area contributed by atoms with Crippen LogP contribution in [-0.4, -0.2) is 34.4 Å². The highest BCUT2D eigenvalue weighted by molar-refractivity contribution is 7.92. The summed E-state index contributed by atoms with van der Waals surface area (Å²) in [6.07, 6.45) is 0.993. The van der Waals surface area contributed by atoms with Crippen LogP contribution in [-0.2, 0) is 21.4 Å². The van der Waals surface area contributed by atoms with Gasteiger partial charge in [-0.05, 0) is 35.9 Å². The maximum Gasteiger partial charge on any atom is 0.387 e. The molecule has 0 unspecified atom stereocenters. The van der Waals surface area contributed by atoms with Crippen LogP contribution in [0.15, 0.2) is 42.5 Å². The molecule has 0 atom stereocenters. The molecule has 0 heterocycles. The second kappa shape index (κ2) is 8.67. The molecule has 0 saturated heterocycles. The van der Waals surface area contributed by atoms with Crippen molar-refractivity contribution in [3.8, 4) is 11.5 Å². The molecular formula is C17H17F2NO6S. The van der Waals surface area contributed by atoms with Gasteiger partial charge < -0.3 is 14.2 Å². The Bertz CT molecular complexity index is 917. The number of sulfonamides is 1. The van der Waals surface area contributed by atoms with Crippen molar-refractivity contribution in [1.29, 1.82) is 0 Å². The van der Waals surface area contributed by atoms with Gasteiger partial charge in [-0.25, -0.2) is 13.2 Å². The molecule has 0 aliphatic rings. The number of esters is 1. The normalized spacial score (nSPS) is 11.1. The topological polar surface area (TPSA) is 90.9 Å². The van der Waals surface area contributed by atoms with E-state index in [1.807, 2.05) is 0 Å². The molecule has 1 N–H and O–H groups in total. The molecule has 2 aromatic carbocycles. The molecular weight excluding hydrogens is 384 g/mol. The number of benzene rings is 2. The predicted octanol–water partition coefficient (Wildman–Crippen LogP) is 3.03. The van der Waals surface area contributed by atoms with Crippen LogP contribution in [0.4, 0.5) is 14.5 Å². The van der Waals surface area contributed by atoms with E-state index in [1.165, 1.54) is 49.6 Å². The van der Waals surface area contributed by atoms with Gasteiger partial charge in [0.1, 0.15) is 6.61 Å². The molecule has 0 spiro atoms. The maximum atomic E-state index is 12.3. The van der Waals surface area contributed by atoms with Gasteiger partial charge >= 0.3 is 12.6 Å². The van der Waals surface area contributed by atoms with Crippen molar-refractivity contribution in [2.24, 2.45) is 0 Å². The van der Waals surface area contributed by atoms with E-state index in [4.69, 9.17) is 9.47 Å². The Morgan fingerprint density at radius 1 is 1.15 bits per heavy atom. The van der Waals surface area contributed by atoms with Crippen LogP contribution >= 0.6 is 0 Å². The Hall–Kier alpha value is -2.88. The second-order valence-corrected chi connectivity index (χ2v) is 7.14. The van der Waals surface area contributed by atoms with Crippen molar-refractivity contribution in [2.75, 3.05) is 18.1 Å². The number of alkyl halides is 2. The lowest BCUT2D eigenvalue weighted by Gasteiger charge is -2.12. The van der Waals surface area contributed by atoms with Crippen LogP contribution in [0, 0.1) is 0 Å². The summed E-state index contributed by atoms with van der Waals surface area (Å²) in [4.78, 5) is 12.1. The minimum atomic E-state index is -3.48. The Balaban J connectivity index is 2.06. The molecule has 0 aliphatic heterocycles. The van der Waals surface area contributed by atoms with Crippen molar-refractivity contribution in [3.63, 3.8) is 0 Å². The van der Waals surface area contributed by atoms with Crippen molar-refractivity contribution in [3.05, 3.63) is 53.6 Å². The van der Waals surface area contributed by atoms with Gasteiger partial charge in [0, 0.05) is 5.69 Å². The quantitative estimate of drug-likeness (QED) is 0.684. The summed E-state index contributed by atoms with van der Waals surface area (Å²) in [5.74, 6) is -0.746. The van der Waals surface area contributed by atoms with Gasteiger partial charge in [0.05, 0.1) is 18.9 Å². The smallest absolute Gasteiger partial charge is 0.387 e. The van der Waals surface area contributed by atoms with Crippen LogP contribution in [0.1, 0.15) is 15.9 Å². The first-order valence-corrected chi connectivity index (χ1v) is 9.44. The third-order valence-corrected chi connectivity index (χ3v) is 3.82. The molecule has 2 rings (SSSR count). The number of hydrogen-bond donors (Lipinski definition) is 1. The third kappa shape index (κ3) is 6.41. The monoisotopic (exact) mass is 401 g/mol. The molecule has 0 aliphatic carbocycles. The average Bonchev–Trinajstić information content (AvgIpc) is 2.58. The first kappa shape index (κ1) is 20.4. The van der Waals surface area contributed by atoms with Crippen LogP contribution in [0.2, 0.25) is 0 Å². The van der Waals surface area contributed by atoms with Gasteiger partial charge in [0.2, 0.25) is 10.0 Å². The fourth-order valence-corrected chi connectivity index (χ4v) is 2.71. The first-order chi connectivity index (χ1) is 12.7.